The first-order valence-electron chi connectivity index (χ1n) is 8.11. The van der Waals surface area contributed by atoms with E-state index in [1.165, 1.54) is 0 Å². The molecular weight excluding hydrogens is 298 g/mol. The normalized spacial score (nSPS) is 18.4. The molecule has 128 valence electrons. The van der Waals surface area contributed by atoms with Gasteiger partial charge in [0.1, 0.15) is 0 Å². The number of hydrogen-bond acceptors (Lipinski definition) is 5. The van der Waals surface area contributed by atoms with Crippen molar-refractivity contribution in [2.45, 2.75) is 70.8 Å². The largest absolute Gasteiger partial charge is 0.481 e. The second-order valence-corrected chi connectivity index (χ2v) is 7.10. The summed E-state index contributed by atoms with van der Waals surface area (Å²) in [5.74, 6) is 0.380. The van der Waals surface area contributed by atoms with Crippen molar-refractivity contribution in [1.29, 1.82) is 0 Å². The SMILES string of the molecule is CC(C)(C)c1noc(CCCC(=O)N2CCC[C@H]2CC(=O)O)n1. The first-order valence-corrected chi connectivity index (χ1v) is 8.11. The second kappa shape index (κ2) is 7.10. The van der Waals surface area contributed by atoms with Crippen LogP contribution in [0.25, 0.3) is 0 Å². The third-order valence-electron chi connectivity index (χ3n) is 4.03. The number of nitrogens with zero attached hydrogens (tertiary/aromatic N) is 3. The summed E-state index contributed by atoms with van der Waals surface area (Å²) in [7, 11) is 0. The van der Waals surface area contributed by atoms with Crippen molar-refractivity contribution in [1.82, 2.24) is 15.0 Å². The lowest BCUT2D eigenvalue weighted by molar-refractivity contribution is -0.139. The van der Waals surface area contributed by atoms with Gasteiger partial charge in [-0.25, -0.2) is 0 Å². The number of likely N-dealkylation sites (tertiary alicyclic amines) is 1. The number of rotatable bonds is 6. The molecule has 0 spiro atoms. The summed E-state index contributed by atoms with van der Waals surface area (Å²) in [4.78, 5) is 29.2. The number of carbonyl (C=O) groups is 2. The van der Waals surface area contributed by atoms with Crippen LogP contribution in [-0.4, -0.2) is 44.6 Å². The fraction of sp³-hybridized carbons (Fsp3) is 0.750. The smallest absolute Gasteiger partial charge is 0.305 e. The van der Waals surface area contributed by atoms with Gasteiger partial charge in [0.25, 0.3) is 0 Å². The molecule has 1 N–H and O–H groups in total. The van der Waals surface area contributed by atoms with Crippen LogP contribution in [0.15, 0.2) is 4.52 Å². The Morgan fingerprint density at radius 2 is 2.13 bits per heavy atom. The number of carboxylic acid groups (broad SMARTS) is 1. The van der Waals surface area contributed by atoms with Gasteiger partial charge in [0.15, 0.2) is 5.82 Å². The van der Waals surface area contributed by atoms with Gasteiger partial charge >= 0.3 is 5.97 Å². The van der Waals surface area contributed by atoms with Crippen LogP contribution >= 0.6 is 0 Å². The minimum absolute atomic E-state index is 0.0179. The summed E-state index contributed by atoms with van der Waals surface area (Å²) in [6.45, 7) is 6.70. The lowest BCUT2D eigenvalue weighted by Gasteiger charge is -2.23. The molecule has 7 nitrogen and oxygen atoms in total. The zero-order valence-corrected chi connectivity index (χ0v) is 14.0. The number of aliphatic carboxylic acids is 1. The summed E-state index contributed by atoms with van der Waals surface area (Å²) in [6.07, 6.45) is 3.25. The molecule has 0 bridgehead atoms. The molecule has 0 saturated carbocycles. The van der Waals surface area contributed by atoms with Crippen molar-refractivity contribution in [3.8, 4) is 0 Å². The van der Waals surface area contributed by atoms with Crippen molar-refractivity contribution in [2.24, 2.45) is 0 Å². The predicted molar refractivity (Wildman–Crippen MR) is 82.9 cm³/mol. The molecule has 0 aliphatic carbocycles. The van der Waals surface area contributed by atoms with E-state index >= 15 is 0 Å². The summed E-state index contributed by atoms with van der Waals surface area (Å²) >= 11 is 0. The molecule has 1 aromatic rings. The van der Waals surface area contributed by atoms with Gasteiger partial charge < -0.3 is 14.5 Å². The standard InChI is InChI=1S/C16H25N3O4/c1-16(2,3)15-17-12(23-18-15)7-4-8-13(20)19-9-5-6-11(19)10-14(21)22/h11H,4-10H2,1-3H3,(H,21,22)/t11-/m0/s1. The topological polar surface area (TPSA) is 96.5 Å². The highest BCUT2D eigenvalue weighted by molar-refractivity contribution is 5.78. The van der Waals surface area contributed by atoms with E-state index in [9.17, 15) is 9.59 Å². The lowest BCUT2D eigenvalue weighted by atomic mass is 9.96. The number of amides is 1. The average molecular weight is 323 g/mol. The van der Waals surface area contributed by atoms with Gasteiger partial charge in [0.05, 0.1) is 6.42 Å². The predicted octanol–water partition coefficient (Wildman–Crippen LogP) is 2.16. The Kier molecular flexibility index (Phi) is 5.38. The van der Waals surface area contributed by atoms with E-state index in [-0.39, 0.29) is 23.8 Å². The fourth-order valence-electron chi connectivity index (χ4n) is 2.77. The third-order valence-corrected chi connectivity index (χ3v) is 4.03. The van der Waals surface area contributed by atoms with Crippen LogP contribution in [0, 0.1) is 0 Å². The van der Waals surface area contributed by atoms with Crippen molar-refractivity contribution in [2.75, 3.05) is 6.54 Å². The van der Waals surface area contributed by atoms with Crippen molar-refractivity contribution in [3.05, 3.63) is 11.7 Å². The van der Waals surface area contributed by atoms with Crippen molar-refractivity contribution < 1.29 is 19.2 Å². The van der Waals surface area contributed by atoms with Crippen LogP contribution in [0.4, 0.5) is 0 Å². The van der Waals surface area contributed by atoms with E-state index < -0.39 is 5.97 Å². The zero-order valence-electron chi connectivity index (χ0n) is 14.0. The second-order valence-electron chi connectivity index (χ2n) is 7.10. The maximum absolute atomic E-state index is 12.3. The summed E-state index contributed by atoms with van der Waals surface area (Å²) < 4.78 is 5.21. The summed E-state index contributed by atoms with van der Waals surface area (Å²) in [5, 5.41) is 12.9. The minimum atomic E-state index is -0.852. The molecule has 0 radical (unpaired) electrons. The monoisotopic (exact) mass is 323 g/mol. The molecule has 1 aliphatic rings. The zero-order chi connectivity index (χ0) is 17.0. The van der Waals surface area contributed by atoms with Crippen LogP contribution in [-0.2, 0) is 21.4 Å². The van der Waals surface area contributed by atoms with E-state index in [4.69, 9.17) is 9.63 Å². The number of carboxylic acids is 1. The number of aromatic nitrogens is 2. The number of carbonyl (C=O) groups excluding carboxylic acids is 1. The summed E-state index contributed by atoms with van der Waals surface area (Å²) in [6, 6.07) is -0.157. The van der Waals surface area contributed by atoms with E-state index in [1.54, 1.807) is 4.90 Å². The molecule has 0 unspecified atom stereocenters. The maximum Gasteiger partial charge on any atom is 0.305 e. The molecule has 1 atom stereocenters. The van der Waals surface area contributed by atoms with Gasteiger partial charge in [-0.1, -0.05) is 25.9 Å². The van der Waals surface area contributed by atoms with Gasteiger partial charge in [0, 0.05) is 30.8 Å². The van der Waals surface area contributed by atoms with Gasteiger partial charge in [0.2, 0.25) is 11.8 Å². The number of hydrogen-bond donors (Lipinski definition) is 1. The average Bonchev–Trinajstić information content (AvgIpc) is 3.06. The Hall–Kier alpha value is -1.92. The number of aryl methyl sites for hydroxylation is 1. The quantitative estimate of drug-likeness (QED) is 0.861. The molecule has 0 aromatic carbocycles. The van der Waals surface area contributed by atoms with E-state index in [1.807, 2.05) is 20.8 Å². The van der Waals surface area contributed by atoms with E-state index in [0.717, 1.165) is 12.8 Å². The molecule has 2 rings (SSSR count). The first kappa shape index (κ1) is 17.4. The molecule has 2 heterocycles. The molecule has 7 heteroatoms. The highest BCUT2D eigenvalue weighted by Gasteiger charge is 2.30. The van der Waals surface area contributed by atoms with Crippen LogP contribution < -0.4 is 0 Å². The highest BCUT2D eigenvalue weighted by Crippen LogP contribution is 2.22. The highest BCUT2D eigenvalue weighted by atomic mass is 16.5. The van der Waals surface area contributed by atoms with Crippen LogP contribution in [0.3, 0.4) is 0 Å². The third kappa shape index (κ3) is 4.77. The molecule has 1 aromatic heterocycles. The maximum atomic E-state index is 12.3. The molecule has 1 saturated heterocycles. The fourth-order valence-corrected chi connectivity index (χ4v) is 2.77. The van der Waals surface area contributed by atoms with Crippen molar-refractivity contribution >= 4 is 11.9 Å². The van der Waals surface area contributed by atoms with Gasteiger partial charge in [-0.3, -0.25) is 9.59 Å². The Labute approximate surface area is 136 Å². The lowest BCUT2D eigenvalue weighted by Crippen LogP contribution is -2.36. The molecular formula is C16H25N3O4. The van der Waals surface area contributed by atoms with E-state index in [2.05, 4.69) is 10.1 Å². The minimum Gasteiger partial charge on any atom is -0.481 e. The summed E-state index contributed by atoms with van der Waals surface area (Å²) in [5.41, 5.74) is -0.156. The van der Waals surface area contributed by atoms with E-state index in [0.29, 0.717) is 37.5 Å². The van der Waals surface area contributed by atoms with Crippen LogP contribution in [0.5, 0.6) is 0 Å². The Balaban J connectivity index is 1.80. The van der Waals surface area contributed by atoms with Gasteiger partial charge in [-0.05, 0) is 19.3 Å². The Morgan fingerprint density at radius 3 is 2.74 bits per heavy atom. The van der Waals surface area contributed by atoms with Crippen molar-refractivity contribution in [3.63, 3.8) is 0 Å². The Morgan fingerprint density at radius 1 is 1.39 bits per heavy atom. The van der Waals surface area contributed by atoms with Crippen LogP contribution in [0.1, 0.15) is 64.6 Å². The molecule has 1 aliphatic heterocycles. The first-order chi connectivity index (χ1) is 10.8. The molecule has 1 amide bonds. The Bertz CT molecular complexity index is 562. The van der Waals surface area contributed by atoms with Gasteiger partial charge in [-0.2, -0.15) is 4.98 Å². The van der Waals surface area contributed by atoms with Gasteiger partial charge in [-0.15, -0.1) is 0 Å². The van der Waals surface area contributed by atoms with Crippen LogP contribution in [0.2, 0.25) is 0 Å². The molecule has 23 heavy (non-hydrogen) atoms. The molecule has 1 fully saturated rings.